The molecule has 1 N–H and O–H groups in total. The minimum Gasteiger partial charge on any atom is -0.455 e. The molecule has 0 aliphatic rings. The molecule has 1 amide bonds. The monoisotopic (exact) mass is 405 g/mol. The van der Waals surface area contributed by atoms with E-state index in [1.807, 2.05) is 12.1 Å². The standard InChI is InChI=1S/C20H17ClFNO3S/c21-16-5-1-4-15(9-16)12-27(25)13-18-7-8-19(26-18)20(24)23-11-14-3-2-6-17(22)10-14/h1-10H,11-13H2,(H,23,24). The van der Waals surface area contributed by atoms with Gasteiger partial charge in [0.05, 0.1) is 5.75 Å². The maximum atomic E-state index is 13.2. The molecule has 0 radical (unpaired) electrons. The van der Waals surface area contributed by atoms with Crippen LogP contribution in [-0.2, 0) is 28.9 Å². The van der Waals surface area contributed by atoms with Gasteiger partial charge in [-0.15, -0.1) is 0 Å². The van der Waals surface area contributed by atoms with Crippen molar-refractivity contribution in [2.45, 2.75) is 18.1 Å². The van der Waals surface area contributed by atoms with Crippen LogP contribution in [0.5, 0.6) is 0 Å². The number of halogens is 2. The van der Waals surface area contributed by atoms with Crippen molar-refractivity contribution in [1.29, 1.82) is 0 Å². The first-order valence-electron chi connectivity index (χ1n) is 8.20. The Kier molecular flexibility index (Phi) is 6.42. The molecule has 1 heterocycles. The first-order chi connectivity index (χ1) is 13.0. The predicted octanol–water partition coefficient (Wildman–Crippen LogP) is 4.45. The van der Waals surface area contributed by atoms with E-state index in [9.17, 15) is 13.4 Å². The summed E-state index contributed by atoms with van der Waals surface area (Å²) in [5.74, 6) is 0.370. The third-order valence-corrected chi connectivity index (χ3v) is 5.24. The smallest absolute Gasteiger partial charge is 0.287 e. The number of carbonyl (C=O) groups excluding carboxylic acids is 1. The second-order valence-corrected chi connectivity index (χ2v) is 7.83. The van der Waals surface area contributed by atoms with Crippen molar-refractivity contribution in [2.24, 2.45) is 0 Å². The SMILES string of the molecule is O=C(NCc1cccc(F)c1)c1ccc(CS(=O)Cc2cccc(Cl)c2)o1. The van der Waals surface area contributed by atoms with Gasteiger partial charge < -0.3 is 9.73 Å². The predicted molar refractivity (Wildman–Crippen MR) is 103 cm³/mol. The van der Waals surface area contributed by atoms with Crippen LogP contribution < -0.4 is 5.32 Å². The lowest BCUT2D eigenvalue weighted by Crippen LogP contribution is -2.22. The Labute approximate surface area is 163 Å². The number of hydrogen-bond acceptors (Lipinski definition) is 3. The van der Waals surface area contributed by atoms with E-state index < -0.39 is 16.7 Å². The Hall–Kier alpha value is -2.44. The normalized spacial score (nSPS) is 11.9. The fourth-order valence-electron chi connectivity index (χ4n) is 2.52. The molecule has 7 heteroatoms. The second-order valence-electron chi connectivity index (χ2n) is 5.94. The zero-order valence-corrected chi connectivity index (χ0v) is 15.9. The summed E-state index contributed by atoms with van der Waals surface area (Å²) in [6, 6.07) is 16.4. The molecule has 2 aromatic carbocycles. The maximum Gasteiger partial charge on any atom is 0.287 e. The molecule has 3 aromatic rings. The molecule has 0 saturated heterocycles. The summed E-state index contributed by atoms with van der Waals surface area (Å²) in [6.45, 7) is 0.188. The van der Waals surface area contributed by atoms with Gasteiger partial charge >= 0.3 is 0 Å². The molecular formula is C20H17ClFNO3S. The van der Waals surface area contributed by atoms with E-state index in [-0.39, 0.29) is 23.9 Å². The summed E-state index contributed by atoms with van der Waals surface area (Å²) in [6.07, 6.45) is 0. The second kappa shape index (κ2) is 8.97. The molecule has 3 rings (SSSR count). The molecule has 0 saturated carbocycles. The van der Waals surface area contributed by atoms with Gasteiger partial charge in [-0.3, -0.25) is 9.00 Å². The van der Waals surface area contributed by atoms with Crippen LogP contribution in [0.3, 0.4) is 0 Å². The Balaban J connectivity index is 1.54. The molecule has 1 aromatic heterocycles. The van der Waals surface area contributed by atoms with Crippen LogP contribution in [0.1, 0.15) is 27.4 Å². The Bertz CT molecular complexity index is 973. The molecule has 0 bridgehead atoms. The molecule has 0 fully saturated rings. The fourth-order valence-corrected chi connectivity index (χ4v) is 3.86. The lowest BCUT2D eigenvalue weighted by Gasteiger charge is -2.04. The van der Waals surface area contributed by atoms with Crippen LogP contribution in [-0.4, -0.2) is 10.1 Å². The molecule has 140 valence electrons. The molecule has 0 aliphatic heterocycles. The Morgan fingerprint density at radius 2 is 1.81 bits per heavy atom. The topological polar surface area (TPSA) is 59.3 Å². The highest BCUT2D eigenvalue weighted by Crippen LogP contribution is 2.16. The van der Waals surface area contributed by atoms with Gasteiger partial charge in [0.1, 0.15) is 11.6 Å². The minimum atomic E-state index is -1.19. The van der Waals surface area contributed by atoms with Gasteiger partial charge in [0.15, 0.2) is 5.76 Å². The fraction of sp³-hybridized carbons (Fsp3) is 0.150. The van der Waals surface area contributed by atoms with Gasteiger partial charge in [-0.05, 0) is 47.5 Å². The Morgan fingerprint density at radius 1 is 1.04 bits per heavy atom. The lowest BCUT2D eigenvalue weighted by molar-refractivity contribution is 0.0921. The summed E-state index contributed by atoms with van der Waals surface area (Å²) in [4.78, 5) is 12.1. The van der Waals surface area contributed by atoms with Gasteiger partial charge in [-0.1, -0.05) is 35.9 Å². The van der Waals surface area contributed by atoms with Gasteiger partial charge in [-0.2, -0.15) is 0 Å². The zero-order chi connectivity index (χ0) is 19.2. The number of rotatable bonds is 7. The summed E-state index contributed by atoms with van der Waals surface area (Å²) in [5.41, 5.74) is 1.53. The highest BCUT2D eigenvalue weighted by Gasteiger charge is 2.13. The third kappa shape index (κ3) is 5.77. The van der Waals surface area contributed by atoms with E-state index in [1.165, 1.54) is 18.2 Å². The Morgan fingerprint density at radius 3 is 2.59 bits per heavy atom. The van der Waals surface area contributed by atoms with Crippen molar-refractivity contribution in [3.05, 3.63) is 94.2 Å². The summed E-state index contributed by atoms with van der Waals surface area (Å²) < 4.78 is 30.9. The van der Waals surface area contributed by atoms with Crippen molar-refractivity contribution < 1.29 is 17.8 Å². The first-order valence-corrected chi connectivity index (χ1v) is 10.1. The third-order valence-electron chi connectivity index (χ3n) is 3.75. The molecular weight excluding hydrogens is 389 g/mol. The number of benzene rings is 2. The van der Waals surface area contributed by atoms with E-state index >= 15 is 0 Å². The van der Waals surface area contributed by atoms with E-state index in [2.05, 4.69) is 5.32 Å². The van der Waals surface area contributed by atoms with Gasteiger partial charge in [0.2, 0.25) is 0 Å². The van der Waals surface area contributed by atoms with Crippen LogP contribution in [0.2, 0.25) is 5.02 Å². The van der Waals surface area contributed by atoms with E-state index in [1.54, 1.807) is 30.3 Å². The maximum absolute atomic E-state index is 13.2. The van der Waals surface area contributed by atoms with E-state index in [0.29, 0.717) is 22.1 Å². The quantitative estimate of drug-likeness (QED) is 0.631. The largest absolute Gasteiger partial charge is 0.455 e. The molecule has 27 heavy (non-hydrogen) atoms. The number of carbonyl (C=O) groups is 1. The highest BCUT2D eigenvalue weighted by atomic mass is 35.5. The number of hydrogen-bond donors (Lipinski definition) is 1. The number of nitrogens with one attached hydrogen (secondary N) is 1. The lowest BCUT2D eigenvalue weighted by atomic mass is 10.2. The minimum absolute atomic E-state index is 0.126. The average Bonchev–Trinajstić information content (AvgIpc) is 3.08. The van der Waals surface area contributed by atoms with E-state index in [0.717, 1.165) is 5.56 Å². The number of furan rings is 1. The summed E-state index contributed by atoms with van der Waals surface area (Å²) in [7, 11) is -1.19. The molecule has 1 atom stereocenters. The molecule has 0 aliphatic carbocycles. The average molecular weight is 406 g/mol. The van der Waals surface area contributed by atoms with Crippen LogP contribution in [0, 0.1) is 5.82 Å². The zero-order valence-electron chi connectivity index (χ0n) is 14.3. The summed E-state index contributed by atoms with van der Waals surface area (Å²) >= 11 is 5.93. The first kappa shape index (κ1) is 19.3. The van der Waals surface area contributed by atoms with Gasteiger partial charge in [-0.25, -0.2) is 4.39 Å². The number of amides is 1. The van der Waals surface area contributed by atoms with Gasteiger partial charge in [0, 0.05) is 28.1 Å². The highest BCUT2D eigenvalue weighted by molar-refractivity contribution is 7.83. The molecule has 4 nitrogen and oxygen atoms in total. The van der Waals surface area contributed by atoms with Crippen molar-refractivity contribution in [3.63, 3.8) is 0 Å². The van der Waals surface area contributed by atoms with Crippen LogP contribution in [0.25, 0.3) is 0 Å². The van der Waals surface area contributed by atoms with Crippen molar-refractivity contribution in [3.8, 4) is 0 Å². The van der Waals surface area contributed by atoms with Gasteiger partial charge in [0.25, 0.3) is 5.91 Å². The summed E-state index contributed by atoms with van der Waals surface area (Å²) in [5, 5.41) is 3.26. The van der Waals surface area contributed by atoms with E-state index in [4.69, 9.17) is 16.0 Å². The van der Waals surface area contributed by atoms with Crippen molar-refractivity contribution >= 4 is 28.3 Å². The van der Waals surface area contributed by atoms with Crippen molar-refractivity contribution in [1.82, 2.24) is 5.32 Å². The van der Waals surface area contributed by atoms with Crippen molar-refractivity contribution in [2.75, 3.05) is 0 Å². The van der Waals surface area contributed by atoms with Crippen LogP contribution in [0.15, 0.2) is 65.1 Å². The molecule has 1 unspecified atom stereocenters. The van der Waals surface area contributed by atoms with Crippen LogP contribution >= 0.6 is 11.6 Å². The van der Waals surface area contributed by atoms with Crippen LogP contribution in [0.4, 0.5) is 4.39 Å². The molecule has 0 spiro atoms.